The van der Waals surface area contributed by atoms with Gasteiger partial charge in [0, 0.05) is 16.4 Å². The van der Waals surface area contributed by atoms with Crippen LogP contribution in [0.2, 0.25) is 0 Å². The molecule has 0 aliphatic rings. The lowest BCUT2D eigenvalue weighted by atomic mass is 10.1. The Morgan fingerprint density at radius 2 is 2.16 bits per heavy atom. The quantitative estimate of drug-likeness (QED) is 0.805. The molecule has 1 aromatic carbocycles. The van der Waals surface area contributed by atoms with E-state index >= 15 is 0 Å². The summed E-state index contributed by atoms with van der Waals surface area (Å²) in [4.78, 5) is 15.2. The Morgan fingerprint density at radius 3 is 2.74 bits per heavy atom. The molecule has 0 saturated heterocycles. The van der Waals surface area contributed by atoms with Gasteiger partial charge in [0.25, 0.3) is 5.91 Å². The van der Waals surface area contributed by atoms with Crippen LogP contribution in [0.3, 0.4) is 0 Å². The lowest BCUT2D eigenvalue weighted by molar-refractivity contribution is 0.0744. The lowest BCUT2D eigenvalue weighted by Gasteiger charge is -2.24. The number of carbonyl (C=O) groups excluding carboxylic acids is 1. The molecule has 1 aromatic heterocycles. The lowest BCUT2D eigenvalue weighted by Crippen LogP contribution is -2.29. The monoisotopic (exact) mass is 341 g/mol. The van der Waals surface area contributed by atoms with Crippen molar-refractivity contribution >= 4 is 33.2 Å². The molecule has 1 unspecified atom stereocenters. The number of amides is 1. The van der Waals surface area contributed by atoms with Crippen LogP contribution >= 0.6 is 27.3 Å². The van der Waals surface area contributed by atoms with Crippen molar-refractivity contribution in [2.45, 2.75) is 13.0 Å². The molecule has 2 nitrogen and oxygen atoms in total. The van der Waals surface area contributed by atoms with E-state index in [0.717, 1.165) is 4.88 Å². The second-order valence-electron chi connectivity index (χ2n) is 4.23. The van der Waals surface area contributed by atoms with Gasteiger partial charge < -0.3 is 4.90 Å². The van der Waals surface area contributed by atoms with E-state index in [1.54, 1.807) is 23.3 Å². The summed E-state index contributed by atoms with van der Waals surface area (Å²) in [5, 5.41) is 1.98. The third kappa shape index (κ3) is 3.04. The van der Waals surface area contributed by atoms with Crippen LogP contribution in [0.1, 0.15) is 28.2 Å². The second-order valence-corrected chi connectivity index (χ2v) is 6.07. The van der Waals surface area contributed by atoms with Gasteiger partial charge in [-0.1, -0.05) is 6.07 Å². The zero-order chi connectivity index (χ0) is 14.0. The Balaban J connectivity index is 2.24. The minimum absolute atomic E-state index is 0.00977. The van der Waals surface area contributed by atoms with Crippen LogP contribution in [0.15, 0.2) is 40.2 Å². The summed E-state index contributed by atoms with van der Waals surface area (Å²) in [6, 6.07) is 8.05. The molecule has 2 aromatic rings. The summed E-state index contributed by atoms with van der Waals surface area (Å²) in [7, 11) is 1.75. The maximum absolute atomic E-state index is 13.0. The summed E-state index contributed by atoms with van der Waals surface area (Å²) >= 11 is 4.84. The Morgan fingerprint density at radius 1 is 1.42 bits per heavy atom. The molecule has 1 amide bonds. The van der Waals surface area contributed by atoms with Gasteiger partial charge in [-0.3, -0.25) is 4.79 Å². The Bertz CT molecular complexity index is 585. The highest BCUT2D eigenvalue weighted by molar-refractivity contribution is 9.10. The number of thiophene rings is 1. The molecule has 19 heavy (non-hydrogen) atoms. The summed E-state index contributed by atoms with van der Waals surface area (Å²) in [5.74, 6) is -0.495. The number of hydrogen-bond donors (Lipinski definition) is 0. The zero-order valence-corrected chi connectivity index (χ0v) is 13.0. The highest BCUT2D eigenvalue weighted by Crippen LogP contribution is 2.27. The van der Waals surface area contributed by atoms with Crippen molar-refractivity contribution in [2.75, 3.05) is 7.05 Å². The third-order valence-electron chi connectivity index (χ3n) is 3.02. The van der Waals surface area contributed by atoms with Gasteiger partial charge in [-0.05, 0) is 52.5 Å². The predicted molar refractivity (Wildman–Crippen MR) is 78.9 cm³/mol. The van der Waals surface area contributed by atoms with E-state index in [1.807, 2.05) is 24.4 Å². The molecule has 0 aliphatic heterocycles. The SMILES string of the molecule is CC(c1cccs1)N(C)C(=O)c1ccc(F)cc1Br. The third-order valence-corrected chi connectivity index (χ3v) is 4.72. The van der Waals surface area contributed by atoms with Crippen molar-refractivity contribution in [1.29, 1.82) is 0 Å². The number of rotatable bonds is 3. The average molecular weight is 342 g/mol. The molecule has 0 radical (unpaired) electrons. The fourth-order valence-electron chi connectivity index (χ4n) is 1.75. The van der Waals surface area contributed by atoms with E-state index in [0.29, 0.717) is 10.0 Å². The Hall–Kier alpha value is -1.20. The predicted octanol–water partition coefficient (Wildman–Crippen LogP) is 4.48. The Labute approximate surface area is 124 Å². The van der Waals surface area contributed by atoms with Crippen molar-refractivity contribution in [1.82, 2.24) is 4.90 Å². The fraction of sp³-hybridized carbons (Fsp3) is 0.214. The van der Waals surface area contributed by atoms with Crippen molar-refractivity contribution < 1.29 is 9.18 Å². The van der Waals surface area contributed by atoms with Gasteiger partial charge in [0.2, 0.25) is 0 Å². The Kier molecular flexibility index (Phi) is 4.37. The number of hydrogen-bond acceptors (Lipinski definition) is 2. The molecule has 0 saturated carbocycles. The van der Waals surface area contributed by atoms with Crippen molar-refractivity contribution in [3.63, 3.8) is 0 Å². The minimum Gasteiger partial charge on any atom is -0.334 e. The highest BCUT2D eigenvalue weighted by atomic mass is 79.9. The van der Waals surface area contributed by atoms with E-state index < -0.39 is 0 Å². The topological polar surface area (TPSA) is 20.3 Å². The first-order valence-electron chi connectivity index (χ1n) is 5.76. The molecule has 0 spiro atoms. The second kappa shape index (κ2) is 5.84. The van der Waals surface area contributed by atoms with Crippen LogP contribution in [0, 0.1) is 5.82 Å². The van der Waals surface area contributed by atoms with Crippen LogP contribution in [-0.2, 0) is 0 Å². The van der Waals surface area contributed by atoms with Crippen LogP contribution in [0.25, 0.3) is 0 Å². The molecular formula is C14H13BrFNOS. The van der Waals surface area contributed by atoms with Crippen molar-refractivity contribution in [3.05, 3.63) is 56.4 Å². The normalized spacial score (nSPS) is 12.2. The number of carbonyl (C=O) groups is 1. The zero-order valence-electron chi connectivity index (χ0n) is 10.6. The summed E-state index contributed by atoms with van der Waals surface area (Å²) < 4.78 is 13.5. The van der Waals surface area contributed by atoms with Gasteiger partial charge in [0.15, 0.2) is 0 Å². The van der Waals surface area contributed by atoms with E-state index in [9.17, 15) is 9.18 Å². The van der Waals surface area contributed by atoms with Crippen LogP contribution in [-0.4, -0.2) is 17.9 Å². The number of nitrogens with zero attached hydrogens (tertiary/aromatic N) is 1. The first kappa shape index (κ1) is 14.2. The summed E-state index contributed by atoms with van der Waals surface area (Å²) in [6.07, 6.45) is 0. The first-order valence-corrected chi connectivity index (χ1v) is 7.43. The average Bonchev–Trinajstić information content (AvgIpc) is 2.90. The van der Waals surface area contributed by atoms with Gasteiger partial charge in [0.05, 0.1) is 11.6 Å². The smallest absolute Gasteiger partial charge is 0.255 e. The maximum Gasteiger partial charge on any atom is 0.255 e. The van der Waals surface area contributed by atoms with E-state index in [-0.39, 0.29) is 17.8 Å². The molecule has 1 heterocycles. The number of halogens is 2. The van der Waals surface area contributed by atoms with Gasteiger partial charge in [-0.25, -0.2) is 4.39 Å². The standard InChI is InChI=1S/C14H13BrFNOS/c1-9(13-4-3-7-19-13)17(2)14(18)11-6-5-10(16)8-12(11)15/h3-9H,1-2H3. The van der Waals surface area contributed by atoms with Crippen molar-refractivity contribution in [3.8, 4) is 0 Å². The van der Waals surface area contributed by atoms with Gasteiger partial charge in [-0.15, -0.1) is 11.3 Å². The molecule has 0 N–H and O–H groups in total. The maximum atomic E-state index is 13.0. The van der Waals surface area contributed by atoms with E-state index in [2.05, 4.69) is 15.9 Å². The highest BCUT2D eigenvalue weighted by Gasteiger charge is 2.21. The molecule has 1 atom stereocenters. The van der Waals surface area contributed by atoms with Gasteiger partial charge >= 0.3 is 0 Å². The molecule has 100 valence electrons. The molecule has 0 aliphatic carbocycles. The molecule has 0 bridgehead atoms. The summed E-state index contributed by atoms with van der Waals surface area (Å²) in [5.41, 5.74) is 0.465. The molecule has 5 heteroatoms. The molecule has 0 fully saturated rings. The van der Waals surface area contributed by atoms with Gasteiger partial charge in [-0.2, -0.15) is 0 Å². The number of benzene rings is 1. The molecule has 2 rings (SSSR count). The minimum atomic E-state index is -0.364. The van der Waals surface area contributed by atoms with E-state index in [4.69, 9.17) is 0 Å². The first-order chi connectivity index (χ1) is 9.00. The van der Waals surface area contributed by atoms with Crippen LogP contribution < -0.4 is 0 Å². The van der Waals surface area contributed by atoms with Crippen LogP contribution in [0.5, 0.6) is 0 Å². The van der Waals surface area contributed by atoms with Crippen molar-refractivity contribution in [2.24, 2.45) is 0 Å². The summed E-state index contributed by atoms with van der Waals surface area (Å²) in [6.45, 7) is 1.97. The fourth-order valence-corrected chi connectivity index (χ4v) is 3.10. The van der Waals surface area contributed by atoms with E-state index in [1.165, 1.54) is 18.2 Å². The van der Waals surface area contributed by atoms with Crippen LogP contribution in [0.4, 0.5) is 4.39 Å². The van der Waals surface area contributed by atoms with Gasteiger partial charge in [0.1, 0.15) is 5.82 Å². The molecular weight excluding hydrogens is 329 g/mol. The largest absolute Gasteiger partial charge is 0.334 e.